The molecule has 0 heterocycles. The predicted octanol–water partition coefficient (Wildman–Crippen LogP) is 3.44. The number of halogens is 1. The molecule has 8 nitrogen and oxygen atoms in total. The van der Waals surface area contributed by atoms with E-state index in [9.17, 15) is 18.5 Å². The van der Waals surface area contributed by atoms with Crippen LogP contribution in [0.2, 0.25) is 5.02 Å². The number of sulfonamides is 1. The van der Waals surface area contributed by atoms with Gasteiger partial charge in [-0.15, -0.1) is 0 Å². The first-order valence-corrected chi connectivity index (χ1v) is 9.79. The molecule has 0 aliphatic heterocycles. The van der Waals surface area contributed by atoms with Crippen molar-refractivity contribution in [3.05, 3.63) is 56.6 Å². The van der Waals surface area contributed by atoms with Crippen molar-refractivity contribution in [3.63, 3.8) is 0 Å². The first-order valence-electron chi connectivity index (χ1n) is 7.93. The number of nitro groups is 1. The highest BCUT2D eigenvalue weighted by Crippen LogP contribution is 2.30. The van der Waals surface area contributed by atoms with Crippen LogP contribution in [-0.4, -0.2) is 27.1 Å². The summed E-state index contributed by atoms with van der Waals surface area (Å²) in [7, 11) is -2.52. The first-order chi connectivity index (χ1) is 12.7. The Morgan fingerprint density at radius 1 is 1.22 bits per heavy atom. The van der Waals surface area contributed by atoms with E-state index < -0.39 is 14.9 Å². The van der Waals surface area contributed by atoms with E-state index >= 15 is 0 Å². The van der Waals surface area contributed by atoms with Gasteiger partial charge in [0.25, 0.3) is 5.69 Å². The number of nitrogens with zero attached hydrogens (tertiary/aromatic N) is 1. The molecule has 0 atom stereocenters. The summed E-state index contributed by atoms with van der Waals surface area (Å²) in [4.78, 5) is 10.1. The summed E-state index contributed by atoms with van der Waals surface area (Å²) in [5.41, 5.74) is 0.481. The Labute approximate surface area is 162 Å². The van der Waals surface area contributed by atoms with E-state index in [0.29, 0.717) is 23.7 Å². The Bertz CT molecular complexity index is 962. The number of nitro benzene ring substituents is 1. The van der Waals surface area contributed by atoms with Gasteiger partial charge in [-0.2, -0.15) is 0 Å². The maximum Gasteiger partial charge on any atom is 0.275 e. The Morgan fingerprint density at radius 3 is 2.52 bits per heavy atom. The van der Waals surface area contributed by atoms with Crippen LogP contribution in [-0.2, 0) is 16.6 Å². The molecule has 1 N–H and O–H groups in total. The second-order valence-electron chi connectivity index (χ2n) is 5.55. The molecule has 0 fully saturated rings. The second kappa shape index (κ2) is 8.55. The van der Waals surface area contributed by atoms with Gasteiger partial charge in [-0.05, 0) is 37.6 Å². The lowest BCUT2D eigenvalue weighted by Crippen LogP contribution is -2.23. The predicted molar refractivity (Wildman–Crippen MR) is 101 cm³/mol. The van der Waals surface area contributed by atoms with Crippen LogP contribution in [0.15, 0.2) is 35.2 Å². The quantitative estimate of drug-likeness (QED) is 0.523. The third-order valence-electron chi connectivity index (χ3n) is 3.79. The van der Waals surface area contributed by atoms with E-state index in [-0.39, 0.29) is 27.7 Å². The summed E-state index contributed by atoms with van der Waals surface area (Å²) in [6.07, 6.45) is 0. The molecule has 2 aromatic carbocycles. The lowest BCUT2D eigenvalue weighted by molar-refractivity contribution is -0.385. The molecule has 0 saturated heterocycles. The smallest absolute Gasteiger partial charge is 0.275 e. The number of benzene rings is 2. The van der Waals surface area contributed by atoms with Crippen LogP contribution < -0.4 is 14.2 Å². The van der Waals surface area contributed by atoms with Gasteiger partial charge in [0.1, 0.15) is 0 Å². The summed E-state index contributed by atoms with van der Waals surface area (Å²) >= 11 is 5.95. The van der Waals surface area contributed by atoms with E-state index in [4.69, 9.17) is 21.1 Å². The zero-order valence-electron chi connectivity index (χ0n) is 15.0. The van der Waals surface area contributed by atoms with Gasteiger partial charge in [0.2, 0.25) is 10.0 Å². The van der Waals surface area contributed by atoms with Crippen molar-refractivity contribution in [2.45, 2.75) is 25.3 Å². The highest BCUT2D eigenvalue weighted by Gasteiger charge is 2.22. The molecule has 0 aliphatic carbocycles. The van der Waals surface area contributed by atoms with Crippen LogP contribution in [0.3, 0.4) is 0 Å². The average molecular weight is 415 g/mol. The summed E-state index contributed by atoms with van der Waals surface area (Å²) in [6, 6.07) is 7.20. The number of hydrogen-bond donors (Lipinski definition) is 1. The van der Waals surface area contributed by atoms with Crippen molar-refractivity contribution in [2.24, 2.45) is 0 Å². The average Bonchev–Trinajstić information content (AvgIpc) is 2.62. The molecule has 10 heteroatoms. The molecule has 0 amide bonds. The molecule has 0 aliphatic rings. The molecule has 0 spiro atoms. The molecule has 0 saturated carbocycles. The molecule has 2 aromatic rings. The highest BCUT2D eigenvalue weighted by atomic mass is 35.5. The van der Waals surface area contributed by atoms with Crippen molar-refractivity contribution < 1.29 is 22.8 Å². The molecule has 0 unspecified atom stereocenters. The number of rotatable bonds is 8. The van der Waals surface area contributed by atoms with Crippen molar-refractivity contribution >= 4 is 27.3 Å². The first kappa shape index (κ1) is 20.9. The normalized spacial score (nSPS) is 11.3. The van der Waals surface area contributed by atoms with Crippen LogP contribution in [0.25, 0.3) is 0 Å². The van der Waals surface area contributed by atoms with Gasteiger partial charge in [-0.1, -0.05) is 17.7 Å². The van der Waals surface area contributed by atoms with Gasteiger partial charge < -0.3 is 9.47 Å². The summed E-state index contributed by atoms with van der Waals surface area (Å²) in [5, 5.41) is 11.1. The van der Waals surface area contributed by atoms with Crippen LogP contribution in [0.1, 0.15) is 18.1 Å². The fraction of sp³-hybridized carbons (Fsp3) is 0.294. The maximum atomic E-state index is 12.5. The van der Waals surface area contributed by atoms with Gasteiger partial charge in [0.05, 0.1) is 28.6 Å². The van der Waals surface area contributed by atoms with E-state index in [1.54, 1.807) is 18.2 Å². The SMILES string of the molecule is CCOc1ccc(CNS(=O)(=O)c2cc(Cl)c(C)c([N+](=O)[O-])c2)cc1OC. The fourth-order valence-electron chi connectivity index (χ4n) is 2.34. The number of nitrogens with one attached hydrogen (secondary N) is 1. The van der Waals surface area contributed by atoms with Crippen LogP contribution in [0, 0.1) is 17.0 Å². The van der Waals surface area contributed by atoms with Gasteiger partial charge in [-0.3, -0.25) is 10.1 Å². The zero-order valence-corrected chi connectivity index (χ0v) is 16.6. The molecule has 0 aromatic heterocycles. The highest BCUT2D eigenvalue weighted by molar-refractivity contribution is 7.89. The van der Waals surface area contributed by atoms with Crippen LogP contribution >= 0.6 is 11.6 Å². The third-order valence-corrected chi connectivity index (χ3v) is 5.56. The minimum absolute atomic E-state index is 0.00677. The molecule has 146 valence electrons. The van der Waals surface area contributed by atoms with Crippen molar-refractivity contribution in [3.8, 4) is 11.5 Å². The summed E-state index contributed by atoms with van der Waals surface area (Å²) in [5.74, 6) is 1.02. The lowest BCUT2D eigenvalue weighted by Gasteiger charge is -2.12. The molecule has 0 bridgehead atoms. The standard InChI is InChI=1S/C17H19ClN2O6S/c1-4-26-16-6-5-12(7-17(16)25-3)10-19-27(23,24)13-8-14(18)11(2)15(9-13)20(21)22/h5-9,19H,4,10H2,1-3H3. The summed E-state index contributed by atoms with van der Waals surface area (Å²) in [6.45, 7) is 3.73. The minimum atomic E-state index is -4.00. The van der Waals surface area contributed by atoms with Crippen molar-refractivity contribution in [2.75, 3.05) is 13.7 Å². The maximum absolute atomic E-state index is 12.5. The van der Waals surface area contributed by atoms with Crippen molar-refractivity contribution in [1.29, 1.82) is 0 Å². The molecule has 2 rings (SSSR count). The number of hydrogen-bond acceptors (Lipinski definition) is 6. The second-order valence-corrected chi connectivity index (χ2v) is 7.72. The van der Waals surface area contributed by atoms with Crippen LogP contribution in [0.4, 0.5) is 5.69 Å². The van der Waals surface area contributed by atoms with Gasteiger partial charge in [0, 0.05) is 18.2 Å². The number of methoxy groups -OCH3 is 1. The Morgan fingerprint density at radius 2 is 1.93 bits per heavy atom. The monoisotopic (exact) mass is 414 g/mol. The van der Waals surface area contributed by atoms with Crippen LogP contribution in [0.5, 0.6) is 11.5 Å². The van der Waals surface area contributed by atoms with E-state index in [1.165, 1.54) is 20.1 Å². The topological polar surface area (TPSA) is 108 Å². The zero-order chi connectivity index (χ0) is 20.2. The molecule has 27 heavy (non-hydrogen) atoms. The molecular formula is C17H19ClN2O6S. The minimum Gasteiger partial charge on any atom is -0.493 e. The van der Waals surface area contributed by atoms with Gasteiger partial charge in [-0.25, -0.2) is 13.1 Å². The fourth-order valence-corrected chi connectivity index (χ4v) is 3.69. The lowest BCUT2D eigenvalue weighted by atomic mass is 10.2. The Balaban J connectivity index is 2.26. The molecular weight excluding hydrogens is 396 g/mol. The Kier molecular flexibility index (Phi) is 6.63. The van der Waals surface area contributed by atoms with E-state index in [2.05, 4.69) is 4.72 Å². The van der Waals surface area contributed by atoms with E-state index in [1.807, 2.05) is 6.92 Å². The third kappa shape index (κ3) is 4.88. The largest absolute Gasteiger partial charge is 0.493 e. The summed E-state index contributed by atoms with van der Waals surface area (Å²) < 4.78 is 38.1. The molecule has 0 radical (unpaired) electrons. The number of ether oxygens (including phenoxy) is 2. The van der Waals surface area contributed by atoms with Gasteiger partial charge in [0.15, 0.2) is 11.5 Å². The van der Waals surface area contributed by atoms with E-state index in [0.717, 1.165) is 6.07 Å². The van der Waals surface area contributed by atoms with Crippen molar-refractivity contribution in [1.82, 2.24) is 4.72 Å². The van der Waals surface area contributed by atoms with Gasteiger partial charge >= 0.3 is 0 Å². The Hall–Kier alpha value is -2.36.